The smallest absolute Gasteiger partial charge is 0.417 e. The molecular formula is C15H17BrF3NO3. The van der Waals surface area contributed by atoms with Gasteiger partial charge in [-0.1, -0.05) is 15.9 Å². The number of ether oxygens (including phenoxy) is 2. The van der Waals surface area contributed by atoms with Crippen LogP contribution >= 0.6 is 15.9 Å². The molecule has 0 spiro atoms. The quantitative estimate of drug-likeness (QED) is 0.741. The Morgan fingerprint density at radius 1 is 1.26 bits per heavy atom. The van der Waals surface area contributed by atoms with E-state index in [1.807, 2.05) is 0 Å². The standard InChI is InChI=1S/C15H17BrF3NO3/c1-14(2,3)23-13(21)20-7-10(8-20)22-9-4-5-11(12(16)6-9)15(17,18)19/h4-6,10H,7-8H2,1-3H3. The van der Waals surface area contributed by atoms with E-state index in [1.54, 1.807) is 20.8 Å². The molecule has 0 N–H and O–H groups in total. The lowest BCUT2D eigenvalue weighted by Crippen LogP contribution is -2.57. The highest BCUT2D eigenvalue weighted by atomic mass is 79.9. The summed E-state index contributed by atoms with van der Waals surface area (Å²) in [5.41, 5.74) is -1.32. The molecular weight excluding hydrogens is 379 g/mol. The van der Waals surface area contributed by atoms with Crippen LogP contribution in [0.15, 0.2) is 22.7 Å². The lowest BCUT2D eigenvalue weighted by atomic mass is 10.1. The molecule has 1 aromatic carbocycles. The Morgan fingerprint density at radius 3 is 2.35 bits per heavy atom. The maximum absolute atomic E-state index is 12.7. The number of alkyl halides is 3. The maximum Gasteiger partial charge on any atom is 0.417 e. The van der Waals surface area contributed by atoms with Crippen LogP contribution in [-0.4, -0.2) is 35.8 Å². The van der Waals surface area contributed by atoms with Gasteiger partial charge in [0, 0.05) is 4.47 Å². The van der Waals surface area contributed by atoms with E-state index in [0.29, 0.717) is 18.8 Å². The Bertz CT molecular complexity index is 593. The van der Waals surface area contributed by atoms with Gasteiger partial charge >= 0.3 is 12.3 Å². The number of rotatable bonds is 2. The van der Waals surface area contributed by atoms with E-state index in [0.717, 1.165) is 6.07 Å². The zero-order valence-corrected chi connectivity index (χ0v) is 14.5. The molecule has 128 valence electrons. The minimum absolute atomic E-state index is 0.0779. The minimum atomic E-state index is -4.42. The van der Waals surface area contributed by atoms with Crippen molar-refractivity contribution in [2.75, 3.05) is 13.1 Å². The summed E-state index contributed by atoms with van der Waals surface area (Å²) in [4.78, 5) is 13.2. The highest BCUT2D eigenvalue weighted by Gasteiger charge is 2.36. The van der Waals surface area contributed by atoms with E-state index in [-0.39, 0.29) is 10.6 Å². The number of amides is 1. The van der Waals surface area contributed by atoms with Crippen molar-refractivity contribution in [1.82, 2.24) is 4.90 Å². The first-order chi connectivity index (χ1) is 10.5. The van der Waals surface area contributed by atoms with Crippen LogP contribution < -0.4 is 4.74 Å². The number of hydrogen-bond donors (Lipinski definition) is 0. The summed E-state index contributed by atoms with van der Waals surface area (Å²) < 4.78 is 48.7. The number of halogens is 4. The van der Waals surface area contributed by atoms with E-state index >= 15 is 0 Å². The third kappa shape index (κ3) is 4.76. The summed E-state index contributed by atoms with van der Waals surface area (Å²) in [5.74, 6) is 0.318. The molecule has 1 saturated heterocycles. The van der Waals surface area contributed by atoms with Crippen LogP contribution in [0.3, 0.4) is 0 Å². The molecule has 0 bridgehead atoms. The number of likely N-dealkylation sites (tertiary alicyclic amines) is 1. The largest absolute Gasteiger partial charge is 0.487 e. The van der Waals surface area contributed by atoms with Gasteiger partial charge in [-0.2, -0.15) is 13.2 Å². The zero-order chi connectivity index (χ0) is 17.4. The first-order valence-corrected chi connectivity index (χ1v) is 7.76. The summed E-state index contributed by atoms with van der Waals surface area (Å²) in [5, 5.41) is 0. The van der Waals surface area contributed by atoms with Gasteiger partial charge in [0.15, 0.2) is 0 Å². The predicted octanol–water partition coefficient (Wildman–Crippen LogP) is 4.47. The van der Waals surface area contributed by atoms with E-state index in [9.17, 15) is 18.0 Å². The van der Waals surface area contributed by atoms with Crippen LogP contribution in [0.5, 0.6) is 5.75 Å². The summed E-state index contributed by atoms with van der Waals surface area (Å²) in [6.07, 6.45) is -5.10. The van der Waals surface area contributed by atoms with Crippen molar-refractivity contribution in [3.05, 3.63) is 28.2 Å². The van der Waals surface area contributed by atoms with Gasteiger partial charge in [0.1, 0.15) is 17.5 Å². The van der Waals surface area contributed by atoms with Gasteiger partial charge in [-0.25, -0.2) is 4.79 Å². The molecule has 0 atom stereocenters. The Kier molecular flexibility index (Phi) is 4.84. The second-order valence-corrected chi connectivity index (χ2v) is 7.12. The van der Waals surface area contributed by atoms with Crippen molar-refractivity contribution < 1.29 is 27.4 Å². The average molecular weight is 396 g/mol. The lowest BCUT2D eigenvalue weighted by molar-refractivity contribution is -0.138. The fourth-order valence-corrected chi connectivity index (χ4v) is 2.56. The summed E-state index contributed by atoms with van der Waals surface area (Å²) in [6.45, 7) is 6.01. The van der Waals surface area contributed by atoms with Crippen LogP contribution in [0.2, 0.25) is 0 Å². The highest BCUT2D eigenvalue weighted by molar-refractivity contribution is 9.10. The van der Waals surface area contributed by atoms with Gasteiger partial charge in [-0.3, -0.25) is 0 Å². The van der Waals surface area contributed by atoms with Crippen molar-refractivity contribution in [2.24, 2.45) is 0 Å². The van der Waals surface area contributed by atoms with Crippen LogP contribution in [0, 0.1) is 0 Å². The van der Waals surface area contributed by atoms with Crippen LogP contribution in [0.1, 0.15) is 26.3 Å². The van der Waals surface area contributed by atoms with E-state index in [1.165, 1.54) is 17.0 Å². The average Bonchev–Trinajstić information content (AvgIpc) is 2.29. The molecule has 0 unspecified atom stereocenters. The molecule has 1 fully saturated rings. The lowest BCUT2D eigenvalue weighted by Gasteiger charge is -2.39. The SMILES string of the molecule is CC(C)(C)OC(=O)N1CC(Oc2ccc(C(F)(F)F)c(Br)c2)C1. The Labute approximate surface area is 140 Å². The van der Waals surface area contributed by atoms with Gasteiger partial charge in [-0.15, -0.1) is 0 Å². The number of benzene rings is 1. The molecule has 0 aromatic heterocycles. The summed E-state index contributed by atoms with van der Waals surface area (Å²) in [7, 11) is 0. The Hall–Kier alpha value is -1.44. The fourth-order valence-electron chi connectivity index (χ4n) is 1.98. The second-order valence-electron chi connectivity index (χ2n) is 6.26. The zero-order valence-electron chi connectivity index (χ0n) is 12.9. The van der Waals surface area contributed by atoms with Crippen molar-refractivity contribution in [3.8, 4) is 5.75 Å². The normalized spacial score (nSPS) is 16.0. The van der Waals surface area contributed by atoms with Gasteiger partial charge in [0.25, 0.3) is 0 Å². The minimum Gasteiger partial charge on any atom is -0.487 e. The van der Waals surface area contributed by atoms with Crippen LogP contribution in [-0.2, 0) is 10.9 Å². The Balaban J connectivity index is 1.89. The number of carbonyl (C=O) groups excluding carboxylic acids is 1. The third-order valence-corrected chi connectivity index (χ3v) is 3.70. The summed E-state index contributed by atoms with van der Waals surface area (Å²) in [6, 6.07) is 3.51. The molecule has 1 amide bonds. The van der Waals surface area contributed by atoms with Crippen molar-refractivity contribution in [1.29, 1.82) is 0 Å². The number of hydrogen-bond acceptors (Lipinski definition) is 3. The van der Waals surface area contributed by atoms with Gasteiger partial charge in [0.05, 0.1) is 18.7 Å². The molecule has 0 radical (unpaired) electrons. The van der Waals surface area contributed by atoms with Gasteiger partial charge < -0.3 is 14.4 Å². The molecule has 1 aliphatic rings. The maximum atomic E-state index is 12.7. The van der Waals surface area contributed by atoms with Crippen molar-refractivity contribution in [3.63, 3.8) is 0 Å². The molecule has 8 heteroatoms. The number of carbonyl (C=O) groups is 1. The molecule has 1 aliphatic heterocycles. The van der Waals surface area contributed by atoms with E-state index in [2.05, 4.69) is 15.9 Å². The predicted molar refractivity (Wildman–Crippen MR) is 81.4 cm³/mol. The molecule has 1 heterocycles. The van der Waals surface area contributed by atoms with E-state index in [4.69, 9.17) is 9.47 Å². The molecule has 1 aromatic rings. The fraction of sp³-hybridized carbons (Fsp3) is 0.533. The molecule has 4 nitrogen and oxygen atoms in total. The highest BCUT2D eigenvalue weighted by Crippen LogP contribution is 2.37. The molecule has 0 saturated carbocycles. The van der Waals surface area contributed by atoms with Crippen molar-refractivity contribution in [2.45, 2.75) is 38.7 Å². The van der Waals surface area contributed by atoms with Crippen LogP contribution in [0.4, 0.5) is 18.0 Å². The topological polar surface area (TPSA) is 38.8 Å². The van der Waals surface area contributed by atoms with E-state index < -0.39 is 23.4 Å². The van der Waals surface area contributed by atoms with Crippen molar-refractivity contribution >= 4 is 22.0 Å². The van der Waals surface area contributed by atoms with Crippen LogP contribution in [0.25, 0.3) is 0 Å². The first kappa shape index (κ1) is 17.9. The summed E-state index contributed by atoms with van der Waals surface area (Å²) >= 11 is 2.90. The molecule has 0 aliphatic carbocycles. The molecule has 2 rings (SSSR count). The Morgan fingerprint density at radius 2 is 1.87 bits per heavy atom. The van der Waals surface area contributed by atoms with Gasteiger partial charge in [-0.05, 0) is 39.0 Å². The number of nitrogens with zero attached hydrogens (tertiary/aromatic N) is 1. The van der Waals surface area contributed by atoms with Gasteiger partial charge in [0.2, 0.25) is 0 Å². The second kappa shape index (κ2) is 6.22. The monoisotopic (exact) mass is 395 g/mol. The third-order valence-electron chi connectivity index (χ3n) is 3.05. The first-order valence-electron chi connectivity index (χ1n) is 6.97. The molecule has 23 heavy (non-hydrogen) atoms.